The van der Waals surface area contributed by atoms with Crippen molar-refractivity contribution in [3.63, 3.8) is 0 Å². The van der Waals surface area contributed by atoms with E-state index in [9.17, 15) is 19.5 Å². The lowest BCUT2D eigenvalue weighted by atomic mass is 9.70. The van der Waals surface area contributed by atoms with E-state index in [2.05, 4.69) is 26.6 Å². The fourth-order valence-electron chi connectivity index (χ4n) is 5.32. The van der Waals surface area contributed by atoms with Crippen LogP contribution in [0.4, 0.5) is 5.69 Å². The number of hydrogen-bond donors (Lipinski definition) is 3. The predicted octanol–water partition coefficient (Wildman–Crippen LogP) is 1.94. The maximum absolute atomic E-state index is 13.6. The van der Waals surface area contributed by atoms with Gasteiger partial charge in [-0.1, -0.05) is 34.5 Å². The fraction of sp³-hybridized carbons (Fsp3) is 0.591. The molecule has 1 aromatic rings. The van der Waals surface area contributed by atoms with Gasteiger partial charge in [0, 0.05) is 35.2 Å². The smallest absolute Gasteiger partial charge is 0.250 e. The van der Waals surface area contributed by atoms with Gasteiger partial charge in [0.2, 0.25) is 17.7 Å². The summed E-state index contributed by atoms with van der Waals surface area (Å²) in [5, 5.41) is 15.7. The lowest BCUT2D eigenvalue weighted by Gasteiger charge is -2.34. The minimum atomic E-state index is -1.10. The summed E-state index contributed by atoms with van der Waals surface area (Å²) < 4.78 is 6.37. The van der Waals surface area contributed by atoms with Gasteiger partial charge in [-0.25, -0.2) is 0 Å². The molecule has 3 heterocycles. The van der Waals surface area contributed by atoms with Crippen molar-refractivity contribution in [2.45, 2.75) is 48.8 Å². The summed E-state index contributed by atoms with van der Waals surface area (Å²) in [5.74, 6) is -2.28. The second-order valence-corrected chi connectivity index (χ2v) is 10.2. The van der Waals surface area contributed by atoms with E-state index in [1.54, 1.807) is 24.3 Å². The maximum atomic E-state index is 13.6. The summed E-state index contributed by atoms with van der Waals surface area (Å²) in [6.07, 6.45) is 1.07. The van der Waals surface area contributed by atoms with Gasteiger partial charge in [-0.2, -0.15) is 0 Å². The maximum Gasteiger partial charge on any atom is 0.250 e. The zero-order valence-electron chi connectivity index (χ0n) is 17.7. The Balaban J connectivity index is 1.68. The van der Waals surface area contributed by atoms with Crippen LogP contribution in [0.5, 0.6) is 0 Å². The quantitative estimate of drug-likeness (QED) is 0.447. The van der Waals surface area contributed by atoms with Gasteiger partial charge in [0.05, 0.1) is 17.9 Å². The summed E-state index contributed by atoms with van der Waals surface area (Å²) >= 11 is 9.57. The number of benzene rings is 1. The number of nitrogens with one attached hydrogen (secondary N) is 2. The number of nitrogens with zero attached hydrogens (tertiary/aromatic N) is 1. The standard InChI is InChI=1S/C22H27BrClN3O5/c1-2-8-25-19(29)15-16-21(31)27(9-3-10-28)18(22(16)11-14(23)17(15)32-22)20(30)26-13-6-4-12(24)5-7-13/h4-7,14-18,28H,2-3,8-11H2,1H3,(H,25,29)(H,26,30)/t14?,15-,16-,17-,18?,22?/m0/s1. The molecule has 3 unspecified atom stereocenters. The number of alkyl halides is 1. The third-order valence-electron chi connectivity index (χ3n) is 6.56. The molecular weight excluding hydrogens is 502 g/mol. The van der Waals surface area contributed by atoms with Crippen molar-refractivity contribution < 1.29 is 24.2 Å². The van der Waals surface area contributed by atoms with Gasteiger partial charge in [0.1, 0.15) is 11.6 Å². The van der Waals surface area contributed by atoms with E-state index in [0.717, 1.165) is 6.42 Å². The second kappa shape index (κ2) is 9.29. The molecule has 0 saturated carbocycles. The van der Waals surface area contributed by atoms with Gasteiger partial charge >= 0.3 is 0 Å². The minimum Gasteiger partial charge on any atom is -0.396 e. The van der Waals surface area contributed by atoms with E-state index < -0.39 is 29.6 Å². The Labute approximate surface area is 200 Å². The number of aliphatic hydroxyl groups excluding tert-OH is 1. The number of halogens is 2. The van der Waals surface area contributed by atoms with E-state index in [-0.39, 0.29) is 35.7 Å². The van der Waals surface area contributed by atoms with Crippen molar-refractivity contribution in [1.82, 2.24) is 10.2 Å². The third-order valence-corrected chi connectivity index (χ3v) is 7.66. The van der Waals surface area contributed by atoms with E-state index in [0.29, 0.717) is 30.1 Å². The summed E-state index contributed by atoms with van der Waals surface area (Å²) in [6.45, 7) is 2.56. The molecule has 174 valence electrons. The van der Waals surface area contributed by atoms with Crippen LogP contribution < -0.4 is 10.6 Å². The summed E-state index contributed by atoms with van der Waals surface area (Å²) in [4.78, 5) is 41.4. The topological polar surface area (TPSA) is 108 Å². The van der Waals surface area contributed by atoms with E-state index in [4.69, 9.17) is 16.3 Å². The number of carbonyl (C=O) groups is 3. The molecule has 4 rings (SSSR count). The highest BCUT2D eigenvalue weighted by Gasteiger charge is 2.76. The molecule has 6 atom stereocenters. The van der Waals surface area contributed by atoms with Crippen molar-refractivity contribution in [1.29, 1.82) is 0 Å². The van der Waals surface area contributed by atoms with Gasteiger partial charge < -0.3 is 25.4 Å². The molecular formula is C22H27BrClN3O5. The summed E-state index contributed by atoms with van der Waals surface area (Å²) in [6, 6.07) is 5.80. The van der Waals surface area contributed by atoms with Gasteiger partial charge in [-0.15, -0.1) is 0 Å². The lowest BCUT2D eigenvalue weighted by Crippen LogP contribution is -2.54. The van der Waals surface area contributed by atoms with E-state index >= 15 is 0 Å². The molecule has 3 N–H and O–H groups in total. The molecule has 1 spiro atoms. The van der Waals surface area contributed by atoms with Crippen molar-refractivity contribution in [2.75, 3.05) is 25.0 Å². The Hall–Kier alpha value is -1.68. The first-order chi connectivity index (χ1) is 15.3. The summed E-state index contributed by atoms with van der Waals surface area (Å²) in [7, 11) is 0. The SMILES string of the molecule is CCCNC(=O)[C@H]1[C@H]2C(=O)N(CCCO)C(C(=O)Nc3ccc(Cl)cc3)C23CC(Br)[C@@H]1O3. The second-order valence-electron chi connectivity index (χ2n) is 8.56. The molecule has 0 radical (unpaired) electrons. The molecule has 1 aromatic carbocycles. The predicted molar refractivity (Wildman–Crippen MR) is 123 cm³/mol. The average molecular weight is 529 g/mol. The van der Waals surface area contributed by atoms with Gasteiger partial charge in [0.15, 0.2) is 0 Å². The lowest BCUT2D eigenvalue weighted by molar-refractivity contribution is -0.140. The van der Waals surface area contributed by atoms with Gasteiger partial charge in [-0.3, -0.25) is 14.4 Å². The first kappa shape index (κ1) is 23.5. The highest BCUT2D eigenvalue weighted by Crippen LogP contribution is 2.60. The number of fused-ring (bicyclic) bond motifs is 1. The van der Waals surface area contributed by atoms with Crippen LogP contribution in [0.3, 0.4) is 0 Å². The number of aliphatic hydroxyl groups is 1. The number of hydrogen-bond acceptors (Lipinski definition) is 5. The first-order valence-corrected chi connectivity index (χ1v) is 12.2. The number of ether oxygens (including phenoxy) is 1. The Bertz CT molecular complexity index is 900. The molecule has 10 heteroatoms. The fourth-order valence-corrected chi connectivity index (χ4v) is 6.39. The highest BCUT2D eigenvalue weighted by atomic mass is 79.9. The van der Waals surface area contributed by atoms with Crippen LogP contribution in [0.15, 0.2) is 24.3 Å². The molecule has 2 bridgehead atoms. The molecule has 0 aromatic heterocycles. The molecule has 0 aliphatic carbocycles. The van der Waals surface area contributed by atoms with E-state index in [1.807, 2.05) is 6.92 Å². The third kappa shape index (κ3) is 3.83. The van der Waals surface area contributed by atoms with Gasteiger partial charge in [0.25, 0.3) is 0 Å². The Morgan fingerprint density at radius 3 is 2.69 bits per heavy atom. The Kier molecular flexibility index (Phi) is 6.81. The zero-order chi connectivity index (χ0) is 23.0. The molecule has 3 aliphatic rings. The highest BCUT2D eigenvalue weighted by molar-refractivity contribution is 9.09. The van der Waals surface area contributed by atoms with Crippen molar-refractivity contribution in [3.05, 3.63) is 29.3 Å². The molecule has 8 nitrogen and oxygen atoms in total. The van der Waals surface area contributed by atoms with Crippen LogP contribution >= 0.6 is 27.5 Å². The van der Waals surface area contributed by atoms with Crippen molar-refractivity contribution in [3.8, 4) is 0 Å². The molecule has 3 amide bonds. The van der Waals surface area contributed by atoms with Crippen LogP contribution in [0.25, 0.3) is 0 Å². The van der Waals surface area contributed by atoms with Crippen LogP contribution in [0.2, 0.25) is 5.02 Å². The van der Waals surface area contributed by atoms with Crippen molar-refractivity contribution >= 4 is 50.9 Å². The van der Waals surface area contributed by atoms with Gasteiger partial charge in [-0.05, 0) is 43.5 Å². The van der Waals surface area contributed by atoms with Crippen LogP contribution in [0, 0.1) is 11.8 Å². The van der Waals surface area contributed by atoms with Crippen LogP contribution in [-0.2, 0) is 19.1 Å². The average Bonchev–Trinajstić information content (AvgIpc) is 3.35. The molecule has 32 heavy (non-hydrogen) atoms. The number of likely N-dealkylation sites (tertiary alicyclic amines) is 1. The zero-order valence-corrected chi connectivity index (χ0v) is 20.1. The van der Waals surface area contributed by atoms with Crippen LogP contribution in [-0.4, -0.2) is 70.0 Å². The number of rotatable bonds is 8. The van der Waals surface area contributed by atoms with Crippen molar-refractivity contribution in [2.24, 2.45) is 11.8 Å². The molecule has 3 aliphatic heterocycles. The Morgan fingerprint density at radius 2 is 2.03 bits per heavy atom. The molecule has 3 saturated heterocycles. The number of amides is 3. The normalized spacial score (nSPS) is 32.8. The number of anilines is 1. The minimum absolute atomic E-state index is 0.113. The van der Waals surface area contributed by atoms with Crippen LogP contribution in [0.1, 0.15) is 26.2 Å². The largest absolute Gasteiger partial charge is 0.396 e. The summed E-state index contributed by atoms with van der Waals surface area (Å²) in [5.41, 5.74) is -0.551. The first-order valence-electron chi connectivity index (χ1n) is 10.9. The van der Waals surface area contributed by atoms with E-state index in [1.165, 1.54) is 4.90 Å². The monoisotopic (exact) mass is 527 g/mol. The number of carbonyl (C=O) groups excluding carboxylic acids is 3. The Morgan fingerprint density at radius 1 is 1.31 bits per heavy atom. The molecule has 3 fully saturated rings.